The first-order chi connectivity index (χ1) is 7.16. The van der Waals surface area contributed by atoms with Crippen LogP contribution in [0, 0.1) is 6.92 Å². The molecule has 2 rings (SSSR count). The molecule has 1 nitrogen and oxygen atoms in total. The Bertz CT molecular complexity index is 492. The van der Waals surface area contributed by atoms with Gasteiger partial charge in [-0.25, -0.2) is 0 Å². The first-order valence-corrected chi connectivity index (χ1v) is 5.10. The molecule has 0 aliphatic rings. The van der Waals surface area contributed by atoms with Crippen molar-refractivity contribution in [3.05, 3.63) is 53.1 Å². The number of phenolic OH excluding ortho intramolecular Hbond substituents is 1. The summed E-state index contributed by atoms with van der Waals surface area (Å²) >= 11 is 5.92. The third-order valence-electron chi connectivity index (χ3n) is 2.36. The highest BCUT2D eigenvalue weighted by molar-refractivity contribution is 6.30. The monoisotopic (exact) mass is 218 g/mol. The molecule has 2 heteroatoms. The maximum Gasteiger partial charge on any atom is 0.116 e. The molecule has 15 heavy (non-hydrogen) atoms. The van der Waals surface area contributed by atoms with Crippen molar-refractivity contribution in [2.75, 3.05) is 0 Å². The smallest absolute Gasteiger partial charge is 0.116 e. The molecule has 76 valence electrons. The summed E-state index contributed by atoms with van der Waals surface area (Å²) < 4.78 is 0. The third-order valence-corrected chi connectivity index (χ3v) is 2.59. The summed E-state index contributed by atoms with van der Waals surface area (Å²) in [5.41, 5.74) is 3.16. The minimum absolute atomic E-state index is 0.274. The van der Waals surface area contributed by atoms with E-state index in [1.807, 2.05) is 37.3 Å². The van der Waals surface area contributed by atoms with E-state index in [2.05, 4.69) is 0 Å². The molecule has 2 aromatic carbocycles. The van der Waals surface area contributed by atoms with Crippen LogP contribution in [0.4, 0.5) is 0 Å². The maximum absolute atomic E-state index is 9.44. The lowest BCUT2D eigenvalue weighted by Crippen LogP contribution is -1.82. The van der Waals surface area contributed by atoms with Crippen LogP contribution in [-0.4, -0.2) is 5.11 Å². The van der Waals surface area contributed by atoms with E-state index in [0.29, 0.717) is 5.02 Å². The van der Waals surface area contributed by atoms with E-state index < -0.39 is 0 Å². The Hall–Kier alpha value is -1.47. The van der Waals surface area contributed by atoms with Gasteiger partial charge in [0.2, 0.25) is 0 Å². The number of benzene rings is 2. The summed E-state index contributed by atoms with van der Waals surface area (Å²) in [5.74, 6) is 0.274. The fourth-order valence-corrected chi connectivity index (χ4v) is 1.77. The molecule has 0 aromatic heterocycles. The lowest BCUT2D eigenvalue weighted by molar-refractivity contribution is 0.475. The lowest BCUT2D eigenvalue weighted by atomic mass is 10.0. The number of aryl methyl sites for hydroxylation is 1. The van der Waals surface area contributed by atoms with E-state index in [0.717, 1.165) is 16.7 Å². The molecule has 0 aliphatic carbocycles. The number of hydrogen-bond donors (Lipinski definition) is 1. The van der Waals surface area contributed by atoms with Gasteiger partial charge < -0.3 is 5.11 Å². The molecular weight excluding hydrogens is 208 g/mol. The van der Waals surface area contributed by atoms with Gasteiger partial charge in [-0.3, -0.25) is 0 Å². The summed E-state index contributed by atoms with van der Waals surface area (Å²) in [6.07, 6.45) is 0. The summed E-state index contributed by atoms with van der Waals surface area (Å²) in [4.78, 5) is 0. The van der Waals surface area contributed by atoms with Crippen LogP contribution in [0.25, 0.3) is 11.1 Å². The standard InChI is InChI=1S/C13H11ClO/c1-9-5-6-12(15)8-13(9)10-3-2-4-11(14)7-10/h2-8,15H,1H3. The van der Waals surface area contributed by atoms with Crippen LogP contribution < -0.4 is 0 Å². The van der Waals surface area contributed by atoms with Crippen LogP contribution in [0.1, 0.15) is 5.56 Å². The van der Waals surface area contributed by atoms with Crippen molar-refractivity contribution < 1.29 is 5.11 Å². The number of aromatic hydroxyl groups is 1. The van der Waals surface area contributed by atoms with E-state index in [1.54, 1.807) is 12.1 Å². The average Bonchev–Trinajstić information content (AvgIpc) is 2.22. The van der Waals surface area contributed by atoms with Crippen molar-refractivity contribution in [3.8, 4) is 16.9 Å². The van der Waals surface area contributed by atoms with Gasteiger partial charge in [0, 0.05) is 5.02 Å². The fraction of sp³-hybridized carbons (Fsp3) is 0.0769. The van der Waals surface area contributed by atoms with Gasteiger partial charge in [0.25, 0.3) is 0 Å². The molecule has 0 amide bonds. The second-order valence-electron chi connectivity index (χ2n) is 3.51. The van der Waals surface area contributed by atoms with Crippen LogP contribution in [0.5, 0.6) is 5.75 Å². The summed E-state index contributed by atoms with van der Waals surface area (Å²) in [6, 6.07) is 12.9. The van der Waals surface area contributed by atoms with E-state index in [1.165, 1.54) is 0 Å². The Morgan fingerprint density at radius 1 is 1.07 bits per heavy atom. The molecule has 0 saturated carbocycles. The SMILES string of the molecule is Cc1ccc(O)cc1-c1cccc(Cl)c1. The van der Waals surface area contributed by atoms with Crippen LogP contribution in [0.15, 0.2) is 42.5 Å². The minimum atomic E-state index is 0.274. The molecule has 0 heterocycles. The van der Waals surface area contributed by atoms with E-state index in [-0.39, 0.29) is 5.75 Å². The van der Waals surface area contributed by atoms with Gasteiger partial charge in [0.1, 0.15) is 5.75 Å². The Morgan fingerprint density at radius 2 is 1.87 bits per heavy atom. The molecule has 0 radical (unpaired) electrons. The summed E-state index contributed by atoms with van der Waals surface area (Å²) in [7, 11) is 0. The molecule has 0 saturated heterocycles. The van der Waals surface area contributed by atoms with Gasteiger partial charge in [0.05, 0.1) is 0 Å². The minimum Gasteiger partial charge on any atom is -0.508 e. The van der Waals surface area contributed by atoms with Crippen molar-refractivity contribution >= 4 is 11.6 Å². The molecular formula is C13H11ClO. The fourth-order valence-electron chi connectivity index (χ4n) is 1.58. The van der Waals surface area contributed by atoms with E-state index in [9.17, 15) is 5.11 Å². The van der Waals surface area contributed by atoms with Gasteiger partial charge >= 0.3 is 0 Å². The molecule has 0 aliphatic heterocycles. The molecule has 2 aromatic rings. The molecule has 0 spiro atoms. The predicted molar refractivity (Wildman–Crippen MR) is 63.3 cm³/mol. The van der Waals surface area contributed by atoms with Gasteiger partial charge in [-0.15, -0.1) is 0 Å². The quantitative estimate of drug-likeness (QED) is 0.767. The first-order valence-electron chi connectivity index (χ1n) is 4.72. The van der Waals surface area contributed by atoms with Crippen molar-refractivity contribution in [3.63, 3.8) is 0 Å². The van der Waals surface area contributed by atoms with Crippen LogP contribution >= 0.6 is 11.6 Å². The Kier molecular flexibility index (Phi) is 2.65. The largest absolute Gasteiger partial charge is 0.508 e. The van der Waals surface area contributed by atoms with Gasteiger partial charge in [0.15, 0.2) is 0 Å². The highest BCUT2D eigenvalue weighted by Crippen LogP contribution is 2.28. The topological polar surface area (TPSA) is 20.2 Å². The van der Waals surface area contributed by atoms with Gasteiger partial charge in [-0.2, -0.15) is 0 Å². The lowest BCUT2D eigenvalue weighted by Gasteiger charge is -2.06. The molecule has 0 bridgehead atoms. The number of hydrogen-bond acceptors (Lipinski definition) is 1. The molecule has 0 fully saturated rings. The first kappa shape index (κ1) is 10.1. The zero-order chi connectivity index (χ0) is 10.8. The second kappa shape index (κ2) is 3.95. The number of phenols is 1. The van der Waals surface area contributed by atoms with Crippen LogP contribution in [0.2, 0.25) is 5.02 Å². The van der Waals surface area contributed by atoms with Crippen molar-refractivity contribution in [1.82, 2.24) is 0 Å². The Morgan fingerprint density at radius 3 is 2.60 bits per heavy atom. The molecule has 0 atom stereocenters. The Labute approximate surface area is 94.0 Å². The van der Waals surface area contributed by atoms with Crippen LogP contribution in [0.3, 0.4) is 0 Å². The van der Waals surface area contributed by atoms with Crippen molar-refractivity contribution in [1.29, 1.82) is 0 Å². The number of halogens is 1. The predicted octanol–water partition coefficient (Wildman–Crippen LogP) is 4.02. The Balaban J connectivity index is 2.58. The highest BCUT2D eigenvalue weighted by atomic mass is 35.5. The van der Waals surface area contributed by atoms with Crippen LogP contribution in [-0.2, 0) is 0 Å². The zero-order valence-electron chi connectivity index (χ0n) is 8.37. The summed E-state index contributed by atoms with van der Waals surface area (Å²) in [6.45, 7) is 2.01. The van der Waals surface area contributed by atoms with Crippen molar-refractivity contribution in [2.24, 2.45) is 0 Å². The molecule has 1 N–H and O–H groups in total. The third kappa shape index (κ3) is 2.13. The normalized spacial score (nSPS) is 10.3. The maximum atomic E-state index is 9.44. The molecule has 0 unspecified atom stereocenters. The van der Waals surface area contributed by atoms with Gasteiger partial charge in [-0.05, 0) is 47.9 Å². The summed E-state index contributed by atoms with van der Waals surface area (Å²) in [5, 5.41) is 10.1. The van der Waals surface area contributed by atoms with E-state index in [4.69, 9.17) is 11.6 Å². The van der Waals surface area contributed by atoms with Gasteiger partial charge in [-0.1, -0.05) is 29.8 Å². The van der Waals surface area contributed by atoms with E-state index >= 15 is 0 Å². The van der Waals surface area contributed by atoms with Crippen molar-refractivity contribution in [2.45, 2.75) is 6.92 Å². The second-order valence-corrected chi connectivity index (χ2v) is 3.95. The highest BCUT2D eigenvalue weighted by Gasteiger charge is 2.03. The number of rotatable bonds is 1. The average molecular weight is 219 g/mol. The zero-order valence-corrected chi connectivity index (χ0v) is 9.12.